The molecule has 0 fully saturated rings. The van der Waals surface area contributed by atoms with Crippen LogP contribution in [0.25, 0.3) is 0 Å². The van der Waals surface area contributed by atoms with Crippen LogP contribution in [0.4, 0.5) is 0 Å². The Morgan fingerprint density at radius 3 is 2.37 bits per heavy atom. The molecule has 0 aliphatic carbocycles. The zero-order valence-corrected chi connectivity index (χ0v) is 13.0. The fourth-order valence-corrected chi connectivity index (χ4v) is 1.15. The number of carbonyl (C=O) groups is 1. The molecule has 0 aromatic carbocycles. The molecule has 0 bridgehead atoms. The number of carbonyl (C=O) groups excluding carboxylic acids is 1. The lowest BCUT2D eigenvalue weighted by atomic mass is 9.90. The second-order valence-electron chi connectivity index (χ2n) is 5.76. The maximum absolute atomic E-state index is 11.5. The first-order valence-electron chi connectivity index (χ1n) is 7.08. The van der Waals surface area contributed by atoms with Crippen LogP contribution < -0.4 is 0 Å². The summed E-state index contributed by atoms with van der Waals surface area (Å²) in [4.78, 5) is 11.5. The molecule has 0 saturated heterocycles. The largest absolute Gasteiger partial charge is 0.459 e. The van der Waals surface area contributed by atoms with Crippen LogP contribution in [0.5, 0.6) is 0 Å². The van der Waals surface area contributed by atoms with Gasteiger partial charge in [0.05, 0.1) is 0 Å². The predicted molar refractivity (Wildman–Crippen MR) is 82.0 cm³/mol. The Morgan fingerprint density at radius 1 is 1.16 bits per heavy atom. The van der Waals surface area contributed by atoms with Gasteiger partial charge in [-0.3, -0.25) is 0 Å². The van der Waals surface area contributed by atoms with Crippen molar-refractivity contribution in [1.82, 2.24) is 0 Å². The van der Waals surface area contributed by atoms with Crippen LogP contribution in [0.15, 0.2) is 36.5 Å². The van der Waals surface area contributed by atoms with Gasteiger partial charge >= 0.3 is 5.97 Å². The van der Waals surface area contributed by atoms with Gasteiger partial charge < -0.3 is 4.74 Å². The lowest BCUT2D eigenvalue weighted by Gasteiger charge is -2.26. The molecule has 0 aromatic heterocycles. The highest BCUT2D eigenvalue weighted by Crippen LogP contribution is 2.21. The van der Waals surface area contributed by atoms with Crippen molar-refractivity contribution in [2.75, 3.05) is 0 Å². The van der Waals surface area contributed by atoms with Crippen LogP contribution in [-0.4, -0.2) is 12.1 Å². The van der Waals surface area contributed by atoms with Gasteiger partial charge in [-0.15, -0.1) is 0 Å². The molecule has 2 heteroatoms. The van der Waals surface area contributed by atoms with Gasteiger partial charge in [-0.05, 0) is 18.8 Å². The molecule has 0 rings (SSSR count). The molecule has 0 saturated carbocycles. The summed E-state index contributed by atoms with van der Waals surface area (Å²) in [5, 5.41) is 0. The SMILES string of the molecule is CCCC/C=C/C=C/C=C/C(=O)OC(C)C(C)(C)C. The summed E-state index contributed by atoms with van der Waals surface area (Å²) < 4.78 is 5.30. The van der Waals surface area contributed by atoms with Crippen LogP contribution in [0.1, 0.15) is 53.9 Å². The fraction of sp³-hybridized carbons (Fsp3) is 0.588. The molecular formula is C17H28O2. The Labute approximate surface area is 118 Å². The normalized spacial score (nSPS) is 14.6. The Kier molecular flexibility index (Phi) is 8.94. The lowest BCUT2D eigenvalue weighted by Crippen LogP contribution is -2.28. The predicted octanol–water partition coefficient (Wildman–Crippen LogP) is 4.82. The highest BCUT2D eigenvalue weighted by Gasteiger charge is 2.22. The van der Waals surface area contributed by atoms with E-state index in [1.807, 2.05) is 25.2 Å². The minimum Gasteiger partial charge on any atom is -0.459 e. The number of unbranched alkanes of at least 4 members (excludes halogenated alkanes) is 2. The molecule has 0 spiro atoms. The molecule has 2 nitrogen and oxygen atoms in total. The number of hydrogen-bond acceptors (Lipinski definition) is 2. The van der Waals surface area contributed by atoms with E-state index >= 15 is 0 Å². The Balaban J connectivity index is 3.97. The first-order chi connectivity index (χ1) is 8.88. The average molecular weight is 264 g/mol. The zero-order chi connectivity index (χ0) is 14.7. The zero-order valence-electron chi connectivity index (χ0n) is 13.0. The van der Waals surface area contributed by atoms with Crippen molar-refractivity contribution >= 4 is 5.97 Å². The lowest BCUT2D eigenvalue weighted by molar-refractivity contribution is -0.147. The summed E-state index contributed by atoms with van der Waals surface area (Å²) in [6, 6.07) is 0. The Hall–Kier alpha value is -1.31. The van der Waals surface area contributed by atoms with Gasteiger partial charge in [0.2, 0.25) is 0 Å². The van der Waals surface area contributed by atoms with Gasteiger partial charge in [0.1, 0.15) is 6.10 Å². The summed E-state index contributed by atoms with van der Waals surface area (Å²) >= 11 is 0. The molecule has 1 atom stereocenters. The average Bonchev–Trinajstić information content (AvgIpc) is 2.31. The highest BCUT2D eigenvalue weighted by molar-refractivity contribution is 5.82. The molecule has 0 aliphatic heterocycles. The third-order valence-corrected chi connectivity index (χ3v) is 2.94. The van der Waals surface area contributed by atoms with E-state index in [-0.39, 0.29) is 17.5 Å². The smallest absolute Gasteiger partial charge is 0.331 e. The van der Waals surface area contributed by atoms with Crippen LogP contribution in [0.2, 0.25) is 0 Å². The molecule has 19 heavy (non-hydrogen) atoms. The van der Waals surface area contributed by atoms with Gasteiger partial charge in [-0.25, -0.2) is 4.79 Å². The molecule has 0 aliphatic rings. The highest BCUT2D eigenvalue weighted by atomic mass is 16.5. The molecule has 0 aromatic rings. The van der Waals surface area contributed by atoms with E-state index in [9.17, 15) is 4.79 Å². The molecule has 0 radical (unpaired) electrons. The minimum absolute atomic E-state index is 0.0264. The van der Waals surface area contributed by atoms with Crippen molar-refractivity contribution in [3.05, 3.63) is 36.5 Å². The van der Waals surface area contributed by atoms with Crippen molar-refractivity contribution < 1.29 is 9.53 Å². The van der Waals surface area contributed by atoms with Crippen LogP contribution in [0.3, 0.4) is 0 Å². The fourth-order valence-electron chi connectivity index (χ4n) is 1.15. The summed E-state index contributed by atoms with van der Waals surface area (Å²) in [7, 11) is 0. The first kappa shape index (κ1) is 17.7. The van der Waals surface area contributed by atoms with Gasteiger partial charge in [0, 0.05) is 6.08 Å². The second-order valence-corrected chi connectivity index (χ2v) is 5.76. The van der Waals surface area contributed by atoms with E-state index in [4.69, 9.17) is 4.74 Å². The molecule has 1 unspecified atom stereocenters. The monoisotopic (exact) mass is 264 g/mol. The van der Waals surface area contributed by atoms with Gasteiger partial charge in [0.15, 0.2) is 0 Å². The number of rotatable bonds is 7. The maximum Gasteiger partial charge on any atom is 0.331 e. The van der Waals surface area contributed by atoms with Crippen molar-refractivity contribution in [2.24, 2.45) is 5.41 Å². The number of allylic oxidation sites excluding steroid dienone is 5. The quantitative estimate of drug-likeness (QED) is 0.285. The minimum atomic E-state index is -0.290. The molecule has 108 valence electrons. The summed E-state index contributed by atoms with van der Waals surface area (Å²) in [6.07, 6.45) is 14.5. The Morgan fingerprint density at radius 2 is 1.79 bits per heavy atom. The molecule has 0 N–H and O–H groups in total. The standard InChI is InChI=1S/C17H28O2/c1-6-7-8-9-10-11-12-13-14-16(18)19-15(2)17(3,4)5/h9-15H,6-8H2,1-5H3/b10-9+,12-11+,14-13+. The van der Waals surface area contributed by atoms with Crippen molar-refractivity contribution in [3.8, 4) is 0 Å². The van der Waals surface area contributed by atoms with Crippen molar-refractivity contribution in [1.29, 1.82) is 0 Å². The number of ether oxygens (including phenoxy) is 1. The van der Waals surface area contributed by atoms with E-state index in [2.05, 4.69) is 33.8 Å². The second kappa shape index (κ2) is 9.60. The van der Waals surface area contributed by atoms with Crippen LogP contribution in [-0.2, 0) is 9.53 Å². The van der Waals surface area contributed by atoms with Crippen LogP contribution >= 0.6 is 0 Å². The number of esters is 1. The number of hydrogen-bond donors (Lipinski definition) is 0. The molecule has 0 heterocycles. The van der Waals surface area contributed by atoms with Crippen molar-refractivity contribution in [3.63, 3.8) is 0 Å². The summed E-state index contributed by atoms with van der Waals surface area (Å²) in [5.41, 5.74) is -0.0264. The third-order valence-electron chi connectivity index (χ3n) is 2.94. The van der Waals surface area contributed by atoms with Gasteiger partial charge in [-0.1, -0.05) is 70.9 Å². The van der Waals surface area contributed by atoms with E-state index in [1.54, 1.807) is 6.08 Å². The van der Waals surface area contributed by atoms with Gasteiger partial charge in [0.25, 0.3) is 0 Å². The van der Waals surface area contributed by atoms with E-state index in [0.29, 0.717) is 0 Å². The maximum atomic E-state index is 11.5. The van der Waals surface area contributed by atoms with E-state index in [1.165, 1.54) is 18.9 Å². The van der Waals surface area contributed by atoms with Crippen LogP contribution in [0, 0.1) is 5.41 Å². The van der Waals surface area contributed by atoms with E-state index in [0.717, 1.165) is 6.42 Å². The Bertz CT molecular complexity index is 330. The van der Waals surface area contributed by atoms with Gasteiger partial charge in [-0.2, -0.15) is 0 Å². The van der Waals surface area contributed by atoms with E-state index < -0.39 is 0 Å². The van der Waals surface area contributed by atoms with Crippen molar-refractivity contribution in [2.45, 2.75) is 60.0 Å². The molecule has 0 amide bonds. The third kappa shape index (κ3) is 10.3. The summed E-state index contributed by atoms with van der Waals surface area (Å²) in [6.45, 7) is 10.2. The first-order valence-corrected chi connectivity index (χ1v) is 7.08. The topological polar surface area (TPSA) is 26.3 Å². The molecular weight excluding hydrogens is 236 g/mol. The summed E-state index contributed by atoms with van der Waals surface area (Å²) in [5.74, 6) is -0.290.